The van der Waals surface area contributed by atoms with E-state index >= 15 is 0 Å². The Labute approximate surface area is 148 Å². The summed E-state index contributed by atoms with van der Waals surface area (Å²) < 4.78 is 12.2. The van der Waals surface area contributed by atoms with Gasteiger partial charge in [-0.2, -0.15) is 0 Å². The molecule has 3 nitrogen and oxygen atoms in total. The van der Waals surface area contributed by atoms with Crippen LogP contribution in [0, 0.1) is 0 Å². The molecule has 132 valence electrons. The lowest BCUT2D eigenvalue weighted by Gasteiger charge is -2.51. The molecule has 1 fully saturated rings. The van der Waals surface area contributed by atoms with Crippen molar-refractivity contribution in [1.29, 1.82) is 0 Å². The van der Waals surface area contributed by atoms with Crippen LogP contribution in [0.4, 0.5) is 0 Å². The first-order chi connectivity index (χ1) is 11.1. The first-order valence-electron chi connectivity index (χ1n) is 8.65. The molecular formula is C19H30O3Si2. The van der Waals surface area contributed by atoms with E-state index in [0.29, 0.717) is 6.61 Å². The fraction of sp³-hybridized carbons (Fsp3) is 0.526. The molecule has 5 heteroatoms. The molecule has 0 aliphatic carbocycles. The second kappa shape index (κ2) is 6.98. The predicted molar refractivity (Wildman–Crippen MR) is 104 cm³/mol. The van der Waals surface area contributed by atoms with E-state index in [-0.39, 0.29) is 17.5 Å². The van der Waals surface area contributed by atoms with Gasteiger partial charge in [0.25, 0.3) is 0 Å². The number of benzene rings is 1. The zero-order chi connectivity index (χ0) is 18.0. The van der Waals surface area contributed by atoms with Crippen molar-refractivity contribution in [3.05, 3.63) is 48.6 Å². The van der Waals surface area contributed by atoms with Gasteiger partial charge in [-0.15, -0.1) is 0 Å². The molecule has 0 saturated carbocycles. The minimum Gasteiger partial charge on any atom is -0.462 e. The van der Waals surface area contributed by atoms with Crippen molar-refractivity contribution in [2.24, 2.45) is 0 Å². The topological polar surface area (TPSA) is 35.5 Å². The van der Waals surface area contributed by atoms with Gasteiger partial charge >= 0.3 is 5.97 Å². The molecule has 1 aliphatic rings. The van der Waals surface area contributed by atoms with Gasteiger partial charge in [0, 0.05) is 6.08 Å². The quantitative estimate of drug-likeness (QED) is 0.441. The molecule has 0 radical (unpaired) electrons. The van der Waals surface area contributed by atoms with Crippen LogP contribution in [0.3, 0.4) is 0 Å². The maximum absolute atomic E-state index is 11.6. The van der Waals surface area contributed by atoms with Gasteiger partial charge in [0.15, 0.2) is 7.83 Å². The maximum Gasteiger partial charge on any atom is 0.330 e. The minimum absolute atomic E-state index is 0.0831. The van der Waals surface area contributed by atoms with Crippen LogP contribution >= 0.6 is 0 Å². The van der Waals surface area contributed by atoms with Crippen molar-refractivity contribution in [2.45, 2.75) is 57.1 Å². The average molecular weight is 363 g/mol. The van der Waals surface area contributed by atoms with Crippen molar-refractivity contribution < 1.29 is 14.0 Å². The number of hydrogen-bond acceptors (Lipinski definition) is 3. The first kappa shape index (κ1) is 19.2. The Hall–Kier alpha value is -1.18. The normalized spacial score (nSPS) is 24.6. The molecule has 1 aromatic carbocycles. The Morgan fingerprint density at radius 1 is 1.33 bits per heavy atom. The van der Waals surface area contributed by atoms with Crippen LogP contribution < -0.4 is 0 Å². The SMILES string of the molecule is C=CC(=O)OCC(C)(c1ccccc1)C1CC[Si](C)(C)[Si](C)(C)O1. The molecule has 1 saturated heterocycles. The van der Waals surface area contributed by atoms with E-state index < -0.39 is 15.4 Å². The van der Waals surface area contributed by atoms with Crippen LogP contribution in [0.15, 0.2) is 43.0 Å². The van der Waals surface area contributed by atoms with Crippen molar-refractivity contribution >= 4 is 21.4 Å². The average Bonchev–Trinajstić information content (AvgIpc) is 2.55. The van der Waals surface area contributed by atoms with Crippen molar-refractivity contribution in [2.75, 3.05) is 6.61 Å². The largest absolute Gasteiger partial charge is 0.462 e. The van der Waals surface area contributed by atoms with Crippen LogP contribution in [0.2, 0.25) is 32.2 Å². The second-order valence-electron chi connectivity index (χ2n) is 8.13. The molecule has 0 spiro atoms. The number of esters is 1. The molecule has 24 heavy (non-hydrogen) atoms. The van der Waals surface area contributed by atoms with E-state index in [1.807, 2.05) is 18.2 Å². The summed E-state index contributed by atoms with van der Waals surface area (Å²) in [6, 6.07) is 11.6. The summed E-state index contributed by atoms with van der Waals surface area (Å²) in [5, 5.41) is 0. The van der Waals surface area contributed by atoms with Gasteiger partial charge in [0.05, 0.1) is 19.1 Å². The van der Waals surface area contributed by atoms with E-state index in [1.54, 1.807) is 0 Å². The molecule has 2 rings (SSSR count). The Kier molecular flexibility index (Phi) is 5.57. The molecule has 0 bridgehead atoms. The van der Waals surface area contributed by atoms with Gasteiger partial charge in [0.2, 0.25) is 0 Å². The van der Waals surface area contributed by atoms with E-state index in [1.165, 1.54) is 12.1 Å². The smallest absolute Gasteiger partial charge is 0.330 e. The van der Waals surface area contributed by atoms with Gasteiger partial charge in [0.1, 0.15) is 6.61 Å². The summed E-state index contributed by atoms with van der Waals surface area (Å²) in [5.41, 5.74) is 0.827. The van der Waals surface area contributed by atoms with Crippen LogP contribution in [0.1, 0.15) is 18.9 Å². The van der Waals surface area contributed by atoms with Crippen LogP contribution in [0.5, 0.6) is 0 Å². The molecule has 1 heterocycles. The first-order valence-corrected chi connectivity index (χ1v) is 15.8. The molecule has 1 aliphatic heterocycles. The summed E-state index contributed by atoms with van der Waals surface area (Å²) in [6.07, 6.45) is 2.34. The van der Waals surface area contributed by atoms with Gasteiger partial charge in [-0.05, 0) is 32.0 Å². The Morgan fingerprint density at radius 3 is 2.50 bits per heavy atom. The third-order valence-corrected chi connectivity index (χ3v) is 22.5. The lowest BCUT2D eigenvalue weighted by atomic mass is 9.77. The summed E-state index contributed by atoms with van der Waals surface area (Å²) >= 11 is 0. The fourth-order valence-electron chi connectivity index (χ4n) is 3.28. The van der Waals surface area contributed by atoms with E-state index in [2.05, 4.69) is 51.8 Å². The molecule has 2 unspecified atom stereocenters. The third-order valence-electron chi connectivity index (χ3n) is 5.92. The highest BCUT2D eigenvalue weighted by atomic mass is 29.3. The predicted octanol–water partition coefficient (Wildman–Crippen LogP) is 4.45. The van der Waals surface area contributed by atoms with Gasteiger partial charge < -0.3 is 9.16 Å². The number of carbonyl (C=O) groups excluding carboxylic acids is 1. The molecule has 0 N–H and O–H groups in total. The maximum atomic E-state index is 11.6. The van der Waals surface area contributed by atoms with Crippen LogP contribution in [0.25, 0.3) is 0 Å². The number of carbonyl (C=O) groups is 1. The Balaban J connectivity index is 2.33. The van der Waals surface area contributed by atoms with Crippen molar-refractivity contribution in [3.63, 3.8) is 0 Å². The minimum atomic E-state index is -1.71. The van der Waals surface area contributed by atoms with Crippen molar-refractivity contribution in [3.8, 4) is 0 Å². The van der Waals surface area contributed by atoms with Crippen LogP contribution in [-0.4, -0.2) is 34.1 Å². The van der Waals surface area contributed by atoms with E-state index in [9.17, 15) is 4.79 Å². The highest BCUT2D eigenvalue weighted by Gasteiger charge is 2.52. The second-order valence-corrected chi connectivity index (χ2v) is 23.3. The Morgan fingerprint density at radius 2 is 1.96 bits per heavy atom. The van der Waals surface area contributed by atoms with Crippen molar-refractivity contribution in [1.82, 2.24) is 0 Å². The summed E-state index contributed by atoms with van der Waals surface area (Å²) in [4.78, 5) is 11.6. The van der Waals surface area contributed by atoms with Crippen LogP contribution in [-0.2, 0) is 19.4 Å². The zero-order valence-corrected chi connectivity index (χ0v) is 17.6. The summed E-state index contributed by atoms with van der Waals surface area (Å²) in [6.45, 7) is 15.6. The van der Waals surface area contributed by atoms with Gasteiger partial charge in [-0.25, -0.2) is 4.79 Å². The number of hydrogen-bond donors (Lipinski definition) is 0. The third kappa shape index (κ3) is 3.73. The van der Waals surface area contributed by atoms with E-state index in [4.69, 9.17) is 9.16 Å². The summed E-state index contributed by atoms with van der Waals surface area (Å²) in [5.74, 6) is -0.376. The highest BCUT2D eigenvalue weighted by Crippen LogP contribution is 2.41. The van der Waals surface area contributed by atoms with Gasteiger partial charge in [-0.3, -0.25) is 0 Å². The van der Waals surface area contributed by atoms with E-state index in [0.717, 1.165) is 12.0 Å². The lowest BCUT2D eigenvalue weighted by Crippen LogP contribution is -2.64. The standard InChI is InChI=1S/C19H30O3Si2/c1-7-18(20)21-15-19(2,16-11-9-8-10-12-16)17-13-14-23(3,4)24(5,6)22-17/h7-12,17H,1,13-15H2,2-6H3. The van der Waals surface area contributed by atoms with Gasteiger partial charge in [-0.1, -0.05) is 56.0 Å². The number of ether oxygens (including phenoxy) is 1. The summed E-state index contributed by atoms with van der Waals surface area (Å²) in [7, 11) is -3.01. The molecule has 1 aromatic rings. The molecular weight excluding hydrogens is 332 g/mol. The number of rotatable bonds is 5. The molecule has 0 aromatic heterocycles. The highest BCUT2D eigenvalue weighted by molar-refractivity contribution is 7.38. The monoisotopic (exact) mass is 362 g/mol. The fourth-order valence-corrected chi connectivity index (χ4v) is 9.89. The zero-order valence-electron chi connectivity index (χ0n) is 15.6. The molecule has 0 amide bonds. The lowest BCUT2D eigenvalue weighted by molar-refractivity contribution is -0.140. The Bertz CT molecular complexity index is 598. The molecule has 2 atom stereocenters.